The van der Waals surface area contributed by atoms with Crippen LogP contribution in [0.15, 0.2) is 36.7 Å². The number of likely N-dealkylation sites (tertiary alicyclic amines) is 1. The molecule has 1 aromatic heterocycles. The number of hydrogen-bond donors (Lipinski definition) is 2. The van der Waals surface area contributed by atoms with Crippen molar-refractivity contribution in [3.8, 4) is 0 Å². The van der Waals surface area contributed by atoms with Crippen LogP contribution in [-0.4, -0.2) is 40.1 Å². The number of nitrogens with one attached hydrogen (secondary N) is 1. The number of benzene rings is 1. The molecule has 1 fully saturated rings. The monoisotopic (exact) mass is 424 g/mol. The molecule has 3 N–H and O–H groups in total. The highest BCUT2D eigenvalue weighted by molar-refractivity contribution is 6.39. The van der Waals surface area contributed by atoms with E-state index in [-0.39, 0.29) is 16.8 Å². The van der Waals surface area contributed by atoms with Gasteiger partial charge in [-0.1, -0.05) is 6.07 Å². The van der Waals surface area contributed by atoms with E-state index in [2.05, 4.69) is 10.3 Å². The first kappa shape index (κ1) is 21.2. The van der Waals surface area contributed by atoms with Crippen LogP contribution in [0.5, 0.6) is 0 Å². The van der Waals surface area contributed by atoms with E-state index >= 15 is 0 Å². The van der Waals surface area contributed by atoms with E-state index in [9.17, 15) is 31.9 Å². The molecule has 3 rings (SSSR count). The maximum Gasteiger partial charge on any atom is 0.313 e. The normalized spacial score (nSPS) is 18.0. The van der Waals surface area contributed by atoms with E-state index in [0.717, 1.165) is 35.5 Å². The third kappa shape index (κ3) is 4.56. The van der Waals surface area contributed by atoms with E-state index in [1.807, 2.05) is 0 Å². The number of rotatable bonds is 3. The highest BCUT2D eigenvalue weighted by Gasteiger charge is 2.44. The lowest BCUT2D eigenvalue weighted by Gasteiger charge is -2.39. The maximum atomic E-state index is 14.0. The first-order valence-electron chi connectivity index (χ1n) is 8.77. The highest BCUT2D eigenvalue weighted by Crippen LogP contribution is 2.40. The van der Waals surface area contributed by atoms with Crippen LogP contribution in [0.25, 0.3) is 0 Å². The molecule has 1 atom stereocenters. The van der Waals surface area contributed by atoms with Crippen molar-refractivity contribution in [1.29, 1.82) is 0 Å². The van der Waals surface area contributed by atoms with Gasteiger partial charge in [0.15, 0.2) is 11.6 Å². The number of piperidine rings is 1. The molecule has 30 heavy (non-hydrogen) atoms. The Morgan fingerprint density at radius 3 is 2.53 bits per heavy atom. The average Bonchev–Trinajstić information content (AvgIpc) is 2.69. The molecular formula is C19H16F4N4O3. The van der Waals surface area contributed by atoms with Gasteiger partial charge >= 0.3 is 11.8 Å². The van der Waals surface area contributed by atoms with Gasteiger partial charge in [-0.2, -0.15) is 0 Å². The number of hydrogen-bond acceptors (Lipinski definition) is 4. The quantitative estimate of drug-likeness (QED) is 0.583. The summed E-state index contributed by atoms with van der Waals surface area (Å²) in [7, 11) is 0. The predicted octanol–water partition coefficient (Wildman–Crippen LogP) is 2.40. The molecule has 11 heteroatoms. The number of aromatic nitrogens is 1. The Balaban J connectivity index is 1.84. The molecule has 0 saturated carbocycles. The zero-order chi connectivity index (χ0) is 22.1. The van der Waals surface area contributed by atoms with Gasteiger partial charge in [-0.25, -0.2) is 17.6 Å². The van der Waals surface area contributed by atoms with Crippen molar-refractivity contribution in [3.63, 3.8) is 0 Å². The Morgan fingerprint density at radius 2 is 1.87 bits per heavy atom. The third-order valence-electron chi connectivity index (χ3n) is 4.65. The van der Waals surface area contributed by atoms with Gasteiger partial charge in [-0.05, 0) is 23.8 Å². The summed E-state index contributed by atoms with van der Waals surface area (Å²) in [5.41, 5.74) is 5.04. The van der Waals surface area contributed by atoms with Gasteiger partial charge < -0.3 is 16.0 Å². The second-order valence-corrected chi connectivity index (χ2v) is 6.78. The number of carbonyl (C=O) groups excluding carboxylic acids is 3. The summed E-state index contributed by atoms with van der Waals surface area (Å²) in [5, 5.41) is 2.23. The van der Waals surface area contributed by atoms with Crippen molar-refractivity contribution >= 4 is 23.4 Å². The van der Waals surface area contributed by atoms with Gasteiger partial charge in [-0.3, -0.25) is 19.4 Å². The largest absolute Gasteiger partial charge is 0.366 e. The number of alkyl halides is 2. The Morgan fingerprint density at radius 1 is 1.13 bits per heavy atom. The van der Waals surface area contributed by atoms with Gasteiger partial charge in [0.2, 0.25) is 5.91 Å². The molecule has 2 aromatic rings. The summed E-state index contributed by atoms with van der Waals surface area (Å²) < 4.78 is 54.8. The molecule has 0 spiro atoms. The lowest BCUT2D eigenvalue weighted by molar-refractivity contribution is -0.151. The Bertz CT molecular complexity index is 1020. The number of nitrogens with zero attached hydrogens (tertiary/aromatic N) is 2. The third-order valence-corrected chi connectivity index (χ3v) is 4.65. The number of anilines is 1. The van der Waals surface area contributed by atoms with Crippen molar-refractivity contribution < 1.29 is 31.9 Å². The van der Waals surface area contributed by atoms with Crippen molar-refractivity contribution in [1.82, 2.24) is 9.88 Å². The fraction of sp³-hybridized carbons (Fsp3) is 0.263. The van der Waals surface area contributed by atoms with Crippen molar-refractivity contribution in [2.75, 3.05) is 11.9 Å². The smallest absolute Gasteiger partial charge is 0.313 e. The van der Waals surface area contributed by atoms with Crippen LogP contribution >= 0.6 is 0 Å². The highest BCUT2D eigenvalue weighted by atomic mass is 19.3. The average molecular weight is 424 g/mol. The van der Waals surface area contributed by atoms with Gasteiger partial charge in [0, 0.05) is 25.6 Å². The number of primary amides is 1. The van der Waals surface area contributed by atoms with Gasteiger partial charge in [0.05, 0.1) is 23.5 Å². The molecule has 2 heterocycles. The zero-order valence-electron chi connectivity index (χ0n) is 15.4. The van der Waals surface area contributed by atoms with Crippen LogP contribution in [0.3, 0.4) is 0 Å². The minimum atomic E-state index is -3.15. The molecule has 0 aliphatic carbocycles. The van der Waals surface area contributed by atoms with Crippen LogP contribution in [0, 0.1) is 11.6 Å². The van der Waals surface area contributed by atoms with Crippen LogP contribution in [-0.2, 0) is 9.59 Å². The molecule has 158 valence electrons. The molecule has 1 saturated heterocycles. The minimum Gasteiger partial charge on any atom is -0.366 e. The van der Waals surface area contributed by atoms with Crippen molar-refractivity contribution in [2.24, 2.45) is 5.73 Å². The van der Waals surface area contributed by atoms with Crippen LogP contribution in [0.1, 0.15) is 34.8 Å². The lowest BCUT2D eigenvalue weighted by Crippen LogP contribution is -2.48. The first-order valence-corrected chi connectivity index (χ1v) is 8.77. The summed E-state index contributed by atoms with van der Waals surface area (Å²) in [5.74, 6) is -8.70. The van der Waals surface area contributed by atoms with E-state index < -0.39 is 60.7 Å². The zero-order valence-corrected chi connectivity index (χ0v) is 15.4. The predicted molar refractivity (Wildman–Crippen MR) is 96.4 cm³/mol. The standard InChI is InChI=1S/C19H16F4N4O3/c20-13-2-1-10(6-14(13)21)15-7-19(22,23)3-4-27(15)18(30)17(29)26-12-5-11(16(24)28)8-25-9-12/h1-2,5-6,8-9,15H,3-4,7H2,(H2,24,28)(H,26,29)/t15-/m0/s1. The molecule has 0 unspecified atom stereocenters. The molecule has 1 aromatic carbocycles. The van der Waals surface area contributed by atoms with Crippen molar-refractivity contribution in [2.45, 2.75) is 24.8 Å². The summed E-state index contributed by atoms with van der Waals surface area (Å²) in [6, 6.07) is 2.43. The molecule has 3 amide bonds. The number of nitrogens with two attached hydrogens (primary N) is 1. The maximum absolute atomic E-state index is 14.0. The van der Waals surface area contributed by atoms with Gasteiger partial charge in [-0.15, -0.1) is 0 Å². The molecule has 1 aliphatic heterocycles. The molecule has 0 radical (unpaired) electrons. The fourth-order valence-electron chi connectivity index (χ4n) is 3.15. The molecular weight excluding hydrogens is 408 g/mol. The summed E-state index contributed by atoms with van der Waals surface area (Å²) in [6.07, 6.45) is 0.779. The van der Waals surface area contributed by atoms with E-state index in [1.54, 1.807) is 0 Å². The second kappa shape index (κ2) is 8.09. The Kier molecular flexibility index (Phi) is 5.72. The molecule has 0 bridgehead atoms. The second-order valence-electron chi connectivity index (χ2n) is 6.78. The Labute approximate surface area is 167 Å². The van der Waals surface area contributed by atoms with Gasteiger partial charge in [0.1, 0.15) is 0 Å². The summed E-state index contributed by atoms with van der Waals surface area (Å²) in [4.78, 5) is 40.8. The summed E-state index contributed by atoms with van der Waals surface area (Å²) in [6.45, 7) is -0.470. The van der Waals surface area contributed by atoms with Crippen LogP contribution in [0.2, 0.25) is 0 Å². The van der Waals surface area contributed by atoms with E-state index in [0.29, 0.717) is 0 Å². The molecule has 1 aliphatic rings. The summed E-state index contributed by atoms with van der Waals surface area (Å²) >= 11 is 0. The number of halogens is 4. The SMILES string of the molecule is NC(=O)c1cncc(NC(=O)C(=O)N2CCC(F)(F)C[C@H]2c2ccc(F)c(F)c2)c1. The number of pyridine rings is 1. The lowest BCUT2D eigenvalue weighted by atomic mass is 9.92. The first-order chi connectivity index (χ1) is 14.1. The minimum absolute atomic E-state index is 0.00336. The molecule has 7 nitrogen and oxygen atoms in total. The number of amides is 3. The van der Waals surface area contributed by atoms with Crippen LogP contribution < -0.4 is 11.1 Å². The fourth-order valence-corrected chi connectivity index (χ4v) is 3.15. The van der Waals surface area contributed by atoms with E-state index in [4.69, 9.17) is 5.73 Å². The van der Waals surface area contributed by atoms with E-state index in [1.165, 1.54) is 6.07 Å². The van der Waals surface area contributed by atoms with Crippen LogP contribution in [0.4, 0.5) is 23.2 Å². The Hall–Kier alpha value is -3.50. The van der Waals surface area contributed by atoms with Crippen molar-refractivity contribution in [3.05, 3.63) is 59.4 Å². The van der Waals surface area contributed by atoms with Gasteiger partial charge in [0.25, 0.3) is 5.92 Å². The topological polar surface area (TPSA) is 105 Å². The number of carbonyl (C=O) groups is 3.